The van der Waals surface area contributed by atoms with E-state index >= 15 is 0 Å². The number of rotatable bonds is 8. The van der Waals surface area contributed by atoms with Gasteiger partial charge in [-0.25, -0.2) is 4.79 Å². The van der Waals surface area contributed by atoms with Crippen LogP contribution in [0.25, 0.3) is 22.0 Å². The molecule has 33 heavy (non-hydrogen) atoms. The Hall–Kier alpha value is -3.86. The Kier molecular flexibility index (Phi) is 5.47. The molecule has 5 heteroatoms. The van der Waals surface area contributed by atoms with Crippen LogP contribution in [-0.2, 0) is 6.54 Å². The highest BCUT2D eigenvalue weighted by molar-refractivity contribution is 6.09. The normalized spacial score (nSPS) is 13.2. The zero-order valence-corrected chi connectivity index (χ0v) is 18.5. The van der Waals surface area contributed by atoms with Crippen LogP contribution in [0.1, 0.15) is 46.2 Å². The number of ketones is 1. The summed E-state index contributed by atoms with van der Waals surface area (Å²) in [4.78, 5) is 24.5. The molecule has 0 spiro atoms. The number of nitrogens with zero attached hydrogens (tertiary/aromatic N) is 1. The number of carboxylic acids is 1. The van der Waals surface area contributed by atoms with Crippen molar-refractivity contribution in [2.24, 2.45) is 5.92 Å². The third kappa shape index (κ3) is 4.27. The van der Waals surface area contributed by atoms with Crippen LogP contribution in [0.3, 0.4) is 0 Å². The van der Waals surface area contributed by atoms with Gasteiger partial charge in [-0.05, 0) is 61.1 Å². The topological polar surface area (TPSA) is 68.5 Å². The second-order valence-corrected chi connectivity index (χ2v) is 8.67. The number of benzene rings is 3. The molecule has 0 bridgehead atoms. The minimum absolute atomic E-state index is 0.0551. The highest BCUT2D eigenvalue weighted by Crippen LogP contribution is 2.36. The van der Waals surface area contributed by atoms with Gasteiger partial charge in [0, 0.05) is 28.6 Å². The molecule has 0 saturated heterocycles. The van der Waals surface area contributed by atoms with E-state index in [9.17, 15) is 14.7 Å². The molecule has 1 heterocycles. The quantitative estimate of drug-likeness (QED) is 0.340. The van der Waals surface area contributed by atoms with Crippen molar-refractivity contribution in [3.05, 3.63) is 89.6 Å². The minimum atomic E-state index is -1.00. The summed E-state index contributed by atoms with van der Waals surface area (Å²) < 4.78 is 7.77. The molecule has 1 fully saturated rings. The Balaban J connectivity index is 1.62. The van der Waals surface area contributed by atoms with E-state index in [2.05, 4.69) is 0 Å². The maximum absolute atomic E-state index is 12.5. The first-order valence-corrected chi connectivity index (χ1v) is 11.2. The second kappa shape index (κ2) is 8.58. The van der Waals surface area contributed by atoms with Crippen molar-refractivity contribution in [1.29, 1.82) is 0 Å². The van der Waals surface area contributed by atoms with E-state index in [0.29, 0.717) is 23.6 Å². The Morgan fingerprint density at radius 1 is 1.00 bits per heavy atom. The summed E-state index contributed by atoms with van der Waals surface area (Å²) in [5.41, 5.74) is 3.92. The van der Waals surface area contributed by atoms with Crippen LogP contribution in [0, 0.1) is 5.92 Å². The Morgan fingerprint density at radius 3 is 2.55 bits per heavy atom. The molecule has 1 aromatic heterocycles. The van der Waals surface area contributed by atoms with E-state index in [-0.39, 0.29) is 11.5 Å². The van der Waals surface area contributed by atoms with E-state index in [1.165, 1.54) is 19.8 Å². The fourth-order valence-electron chi connectivity index (χ4n) is 4.29. The molecule has 0 unspecified atom stereocenters. The minimum Gasteiger partial charge on any atom is -0.493 e. The number of aromatic nitrogens is 1. The molecule has 3 aromatic carbocycles. The summed E-state index contributed by atoms with van der Waals surface area (Å²) in [5.74, 6) is 0.409. The number of hydrogen-bond acceptors (Lipinski definition) is 3. The molecule has 5 nitrogen and oxygen atoms in total. The van der Waals surface area contributed by atoms with Crippen molar-refractivity contribution in [3.8, 4) is 16.9 Å². The van der Waals surface area contributed by atoms with Crippen molar-refractivity contribution in [3.63, 3.8) is 0 Å². The van der Waals surface area contributed by atoms with E-state index in [1.54, 1.807) is 18.2 Å². The van der Waals surface area contributed by atoms with Crippen molar-refractivity contribution in [2.75, 3.05) is 6.61 Å². The number of hydrogen-bond donors (Lipinski definition) is 1. The number of carboxylic acid groups (broad SMARTS) is 1. The van der Waals surface area contributed by atoms with Crippen molar-refractivity contribution in [1.82, 2.24) is 4.57 Å². The molecular formula is C28H25NO4. The fourth-order valence-corrected chi connectivity index (χ4v) is 4.29. The number of ether oxygens (including phenoxy) is 1. The van der Waals surface area contributed by atoms with E-state index < -0.39 is 5.97 Å². The molecule has 1 aliphatic carbocycles. The van der Waals surface area contributed by atoms with Gasteiger partial charge < -0.3 is 14.4 Å². The molecule has 166 valence electrons. The van der Waals surface area contributed by atoms with Crippen LogP contribution in [0.4, 0.5) is 0 Å². The first-order chi connectivity index (χ1) is 16.0. The molecule has 1 saturated carbocycles. The van der Waals surface area contributed by atoms with Gasteiger partial charge in [-0.1, -0.05) is 48.5 Å². The maximum atomic E-state index is 12.5. The summed E-state index contributed by atoms with van der Waals surface area (Å²) in [6.07, 6.45) is 2.45. The van der Waals surface area contributed by atoms with Gasteiger partial charge in [0.25, 0.3) is 0 Å². The van der Waals surface area contributed by atoms with Gasteiger partial charge in [0.1, 0.15) is 11.4 Å². The van der Waals surface area contributed by atoms with Gasteiger partial charge in [-0.2, -0.15) is 0 Å². The number of fused-ring (bicyclic) bond motifs is 1. The van der Waals surface area contributed by atoms with E-state index in [4.69, 9.17) is 4.74 Å². The lowest BCUT2D eigenvalue weighted by Crippen LogP contribution is -2.11. The van der Waals surface area contributed by atoms with Gasteiger partial charge in [0.05, 0.1) is 6.61 Å². The highest BCUT2D eigenvalue weighted by atomic mass is 16.5. The van der Waals surface area contributed by atoms with Crippen molar-refractivity contribution in [2.45, 2.75) is 26.3 Å². The smallest absolute Gasteiger partial charge is 0.353 e. The predicted molar refractivity (Wildman–Crippen MR) is 128 cm³/mol. The van der Waals surface area contributed by atoms with Gasteiger partial charge in [-0.15, -0.1) is 0 Å². The van der Waals surface area contributed by atoms with E-state index in [1.807, 2.05) is 59.2 Å². The predicted octanol–water partition coefficient (Wildman–Crippen LogP) is 6.05. The SMILES string of the molecule is CC(=O)c1cccc(-c2c(C(=O)O)n(Cc3cccc(OCC4CC4)c3)c3ccccc23)c1. The Morgan fingerprint density at radius 2 is 1.79 bits per heavy atom. The third-order valence-electron chi connectivity index (χ3n) is 6.15. The molecule has 0 amide bonds. The standard InChI is InChI=1S/C28H25NO4/c1-18(30)21-7-5-8-22(15-21)26-24-10-2-3-11-25(24)29(27(26)28(31)32)16-20-6-4-9-23(14-20)33-17-19-12-13-19/h2-11,14-15,19H,12-13,16-17H2,1H3,(H,31,32). The van der Waals surface area contributed by atoms with Crippen LogP contribution in [-0.4, -0.2) is 28.0 Å². The fraction of sp³-hybridized carbons (Fsp3) is 0.214. The molecule has 1 aliphatic rings. The van der Waals surface area contributed by atoms with Crippen LogP contribution >= 0.6 is 0 Å². The molecule has 4 aromatic rings. The molecular weight excluding hydrogens is 414 g/mol. The number of aromatic carboxylic acids is 1. The number of Topliss-reactive ketones (excluding diaryl/α,β-unsaturated/α-hetero) is 1. The zero-order valence-electron chi connectivity index (χ0n) is 18.5. The van der Waals surface area contributed by atoms with Crippen molar-refractivity contribution < 1.29 is 19.4 Å². The van der Waals surface area contributed by atoms with Crippen LogP contribution < -0.4 is 4.74 Å². The second-order valence-electron chi connectivity index (χ2n) is 8.67. The molecule has 0 atom stereocenters. The Bertz CT molecular complexity index is 1360. The first-order valence-electron chi connectivity index (χ1n) is 11.2. The molecule has 0 aliphatic heterocycles. The monoisotopic (exact) mass is 439 g/mol. The maximum Gasteiger partial charge on any atom is 0.353 e. The molecule has 1 N–H and O–H groups in total. The average Bonchev–Trinajstić information content (AvgIpc) is 3.59. The van der Waals surface area contributed by atoms with Gasteiger partial charge in [0.2, 0.25) is 0 Å². The molecule has 5 rings (SSSR count). The summed E-state index contributed by atoms with van der Waals surface area (Å²) >= 11 is 0. The third-order valence-corrected chi connectivity index (χ3v) is 6.15. The van der Waals surface area contributed by atoms with E-state index in [0.717, 1.165) is 34.4 Å². The first kappa shape index (κ1) is 21.0. The number of carbonyl (C=O) groups is 2. The Labute approximate surface area is 192 Å². The van der Waals surface area contributed by atoms with Crippen LogP contribution in [0.15, 0.2) is 72.8 Å². The summed E-state index contributed by atoms with van der Waals surface area (Å²) in [7, 11) is 0. The van der Waals surface area contributed by atoms with Gasteiger partial charge in [0.15, 0.2) is 5.78 Å². The molecule has 0 radical (unpaired) electrons. The average molecular weight is 440 g/mol. The number of para-hydroxylation sites is 1. The van der Waals surface area contributed by atoms with Crippen LogP contribution in [0.5, 0.6) is 5.75 Å². The summed E-state index contributed by atoms with van der Waals surface area (Å²) in [6, 6.07) is 22.7. The van der Waals surface area contributed by atoms with Gasteiger partial charge >= 0.3 is 5.97 Å². The lowest BCUT2D eigenvalue weighted by Gasteiger charge is -2.12. The lowest BCUT2D eigenvalue weighted by molar-refractivity contribution is 0.0687. The van der Waals surface area contributed by atoms with Gasteiger partial charge in [-0.3, -0.25) is 4.79 Å². The largest absolute Gasteiger partial charge is 0.493 e. The van der Waals surface area contributed by atoms with Crippen LogP contribution in [0.2, 0.25) is 0 Å². The number of carbonyl (C=O) groups excluding carboxylic acids is 1. The highest BCUT2D eigenvalue weighted by Gasteiger charge is 2.24. The summed E-state index contributed by atoms with van der Waals surface area (Å²) in [5, 5.41) is 11.1. The lowest BCUT2D eigenvalue weighted by atomic mass is 9.99. The summed E-state index contributed by atoms with van der Waals surface area (Å²) in [6.45, 7) is 2.64. The van der Waals surface area contributed by atoms with Crippen molar-refractivity contribution >= 4 is 22.7 Å². The zero-order chi connectivity index (χ0) is 22.9.